The second kappa shape index (κ2) is 5.85. The van der Waals surface area contributed by atoms with Gasteiger partial charge in [0.2, 0.25) is 0 Å². The third kappa shape index (κ3) is 2.88. The lowest BCUT2D eigenvalue weighted by Gasteiger charge is -2.08. The molecule has 0 aliphatic carbocycles. The molecule has 0 spiro atoms. The first kappa shape index (κ1) is 14.2. The molecule has 0 aliphatic heterocycles. The molecule has 5 nitrogen and oxygen atoms in total. The van der Waals surface area contributed by atoms with E-state index in [1.807, 2.05) is 6.92 Å². The van der Waals surface area contributed by atoms with Gasteiger partial charge in [-0.25, -0.2) is 14.8 Å². The Morgan fingerprint density at radius 1 is 1.58 bits per heavy atom. The van der Waals surface area contributed by atoms with E-state index in [2.05, 4.69) is 9.97 Å². The molecule has 1 atom stereocenters. The Balaban J connectivity index is 2.41. The van der Waals surface area contributed by atoms with E-state index in [1.165, 1.54) is 17.7 Å². The van der Waals surface area contributed by atoms with Crippen LogP contribution in [-0.4, -0.2) is 40.0 Å². The molecule has 0 aromatic carbocycles. The summed E-state index contributed by atoms with van der Waals surface area (Å²) in [6.45, 7) is 3.78. The molecule has 2 aromatic heterocycles. The topological polar surface area (TPSA) is 72.3 Å². The van der Waals surface area contributed by atoms with E-state index in [4.69, 9.17) is 9.84 Å². The number of nitrogens with zero attached hydrogens (tertiary/aromatic N) is 2. The zero-order valence-electron chi connectivity index (χ0n) is 10.8. The molecule has 2 rings (SSSR count). The Morgan fingerprint density at radius 3 is 2.95 bits per heavy atom. The van der Waals surface area contributed by atoms with Crippen molar-refractivity contribution < 1.29 is 14.6 Å². The van der Waals surface area contributed by atoms with Gasteiger partial charge >= 0.3 is 5.97 Å². The van der Waals surface area contributed by atoms with Crippen LogP contribution in [0.1, 0.15) is 22.2 Å². The van der Waals surface area contributed by atoms with Crippen LogP contribution in [0.2, 0.25) is 0 Å². The summed E-state index contributed by atoms with van der Waals surface area (Å²) in [7, 11) is 1.67. The van der Waals surface area contributed by atoms with Gasteiger partial charge < -0.3 is 9.84 Å². The fourth-order valence-corrected chi connectivity index (χ4v) is 3.71. The number of thioether (sulfide) groups is 1. The van der Waals surface area contributed by atoms with Crippen molar-refractivity contribution in [3.63, 3.8) is 0 Å². The Bertz CT molecular complexity index is 612. The van der Waals surface area contributed by atoms with Gasteiger partial charge in [0, 0.05) is 18.2 Å². The van der Waals surface area contributed by atoms with Gasteiger partial charge in [-0.1, -0.05) is 0 Å². The summed E-state index contributed by atoms with van der Waals surface area (Å²) in [6.07, 6.45) is 1.59. The van der Waals surface area contributed by atoms with E-state index in [0.717, 1.165) is 26.6 Å². The SMILES string of the molecule is COC(C)CSc1ncnc2sc(C(=O)O)c(C)c12. The Hall–Kier alpha value is -1.18. The minimum absolute atomic E-state index is 0.118. The van der Waals surface area contributed by atoms with Crippen molar-refractivity contribution in [3.8, 4) is 0 Å². The summed E-state index contributed by atoms with van der Waals surface area (Å²) < 4.78 is 5.20. The van der Waals surface area contributed by atoms with Crippen molar-refractivity contribution in [2.24, 2.45) is 0 Å². The maximum absolute atomic E-state index is 11.2. The van der Waals surface area contributed by atoms with E-state index in [0.29, 0.717) is 4.88 Å². The fourth-order valence-electron chi connectivity index (χ4n) is 1.62. The van der Waals surface area contributed by atoms with Crippen LogP contribution in [0.15, 0.2) is 11.4 Å². The number of aromatic nitrogens is 2. The van der Waals surface area contributed by atoms with Crippen molar-refractivity contribution in [1.29, 1.82) is 0 Å². The Morgan fingerprint density at radius 2 is 2.32 bits per heavy atom. The van der Waals surface area contributed by atoms with Gasteiger partial charge in [-0.3, -0.25) is 0 Å². The minimum atomic E-state index is -0.915. The number of ether oxygens (including phenoxy) is 1. The molecule has 0 amide bonds. The predicted molar refractivity (Wildman–Crippen MR) is 76.3 cm³/mol. The Labute approximate surface area is 119 Å². The number of carboxylic acid groups (broad SMARTS) is 1. The van der Waals surface area contributed by atoms with Crippen LogP contribution in [0.25, 0.3) is 10.2 Å². The third-order valence-corrected chi connectivity index (χ3v) is 5.15. The summed E-state index contributed by atoms with van der Waals surface area (Å²) >= 11 is 2.75. The summed E-state index contributed by atoms with van der Waals surface area (Å²) in [5.74, 6) is -0.151. The maximum Gasteiger partial charge on any atom is 0.346 e. The molecule has 0 aliphatic rings. The summed E-state index contributed by atoms with van der Waals surface area (Å²) in [5, 5.41) is 10.8. The molecule has 2 aromatic rings. The summed E-state index contributed by atoms with van der Waals surface area (Å²) in [4.78, 5) is 20.6. The lowest BCUT2D eigenvalue weighted by molar-refractivity contribution is 0.0701. The van der Waals surface area contributed by atoms with E-state index >= 15 is 0 Å². The van der Waals surface area contributed by atoms with Gasteiger partial charge in [0.15, 0.2) is 0 Å². The minimum Gasteiger partial charge on any atom is -0.477 e. The number of thiophene rings is 1. The van der Waals surface area contributed by atoms with E-state index in [1.54, 1.807) is 25.8 Å². The number of carbonyl (C=O) groups is 1. The van der Waals surface area contributed by atoms with Gasteiger partial charge in [-0.2, -0.15) is 0 Å². The highest BCUT2D eigenvalue weighted by atomic mass is 32.2. The van der Waals surface area contributed by atoms with Crippen molar-refractivity contribution in [2.75, 3.05) is 12.9 Å². The van der Waals surface area contributed by atoms with Gasteiger partial charge in [-0.05, 0) is 19.4 Å². The molecule has 0 saturated heterocycles. The standard InChI is InChI=1S/C12H14N2O3S2/c1-6(17-3)4-18-10-8-7(2)9(12(15)16)19-11(8)14-5-13-10/h5-6H,4H2,1-3H3,(H,15,16). The van der Waals surface area contributed by atoms with Crippen molar-refractivity contribution in [2.45, 2.75) is 25.0 Å². The summed E-state index contributed by atoms with van der Waals surface area (Å²) in [6, 6.07) is 0. The van der Waals surface area contributed by atoms with Crippen LogP contribution in [0, 0.1) is 6.92 Å². The number of aryl methyl sites for hydroxylation is 1. The van der Waals surface area contributed by atoms with Crippen molar-refractivity contribution in [3.05, 3.63) is 16.8 Å². The van der Waals surface area contributed by atoms with E-state index in [9.17, 15) is 4.79 Å². The number of rotatable bonds is 5. The van der Waals surface area contributed by atoms with Crippen LogP contribution in [-0.2, 0) is 4.74 Å². The molecule has 1 N–H and O–H groups in total. The molecule has 2 heterocycles. The second-order valence-corrected chi connectivity index (χ2v) is 6.09. The van der Waals surface area contributed by atoms with Crippen molar-refractivity contribution in [1.82, 2.24) is 9.97 Å². The number of methoxy groups -OCH3 is 1. The molecule has 7 heteroatoms. The van der Waals surface area contributed by atoms with E-state index in [-0.39, 0.29) is 6.10 Å². The number of hydrogen-bond donors (Lipinski definition) is 1. The Kier molecular flexibility index (Phi) is 4.38. The number of carboxylic acids is 1. The maximum atomic E-state index is 11.2. The first-order valence-corrected chi connectivity index (χ1v) is 7.47. The lowest BCUT2D eigenvalue weighted by Crippen LogP contribution is -2.07. The molecular formula is C12H14N2O3S2. The van der Waals surface area contributed by atoms with Crippen LogP contribution in [0.5, 0.6) is 0 Å². The normalized spacial score (nSPS) is 12.8. The number of hydrogen-bond acceptors (Lipinski definition) is 6. The monoisotopic (exact) mass is 298 g/mol. The molecule has 102 valence electrons. The highest BCUT2D eigenvalue weighted by molar-refractivity contribution is 7.99. The smallest absolute Gasteiger partial charge is 0.346 e. The molecule has 0 fully saturated rings. The predicted octanol–water partition coefficient (Wildman–Crippen LogP) is 2.82. The number of fused-ring (bicyclic) bond motifs is 1. The highest BCUT2D eigenvalue weighted by Crippen LogP contribution is 2.35. The molecule has 0 bridgehead atoms. The van der Waals surface area contributed by atoms with E-state index < -0.39 is 5.97 Å². The highest BCUT2D eigenvalue weighted by Gasteiger charge is 2.19. The molecular weight excluding hydrogens is 284 g/mol. The first-order chi connectivity index (χ1) is 9.04. The average molecular weight is 298 g/mol. The average Bonchev–Trinajstić information content (AvgIpc) is 2.74. The zero-order valence-corrected chi connectivity index (χ0v) is 12.5. The van der Waals surface area contributed by atoms with Crippen LogP contribution in [0.4, 0.5) is 0 Å². The van der Waals surface area contributed by atoms with Crippen LogP contribution >= 0.6 is 23.1 Å². The molecule has 1 unspecified atom stereocenters. The largest absolute Gasteiger partial charge is 0.477 e. The molecule has 19 heavy (non-hydrogen) atoms. The summed E-state index contributed by atoms with van der Waals surface area (Å²) in [5.41, 5.74) is 0.737. The second-order valence-electron chi connectivity index (χ2n) is 4.08. The van der Waals surface area contributed by atoms with Gasteiger partial charge in [0.1, 0.15) is 21.1 Å². The third-order valence-electron chi connectivity index (χ3n) is 2.74. The van der Waals surface area contributed by atoms with Gasteiger partial charge in [0.05, 0.1) is 6.10 Å². The number of aromatic carboxylic acids is 1. The van der Waals surface area contributed by atoms with Crippen LogP contribution < -0.4 is 0 Å². The van der Waals surface area contributed by atoms with Gasteiger partial charge in [-0.15, -0.1) is 23.1 Å². The van der Waals surface area contributed by atoms with Gasteiger partial charge in [0.25, 0.3) is 0 Å². The quantitative estimate of drug-likeness (QED) is 0.676. The van der Waals surface area contributed by atoms with Crippen LogP contribution in [0.3, 0.4) is 0 Å². The molecule has 0 saturated carbocycles. The molecule has 0 radical (unpaired) electrons. The first-order valence-electron chi connectivity index (χ1n) is 5.67. The fraction of sp³-hybridized carbons (Fsp3) is 0.417. The lowest BCUT2D eigenvalue weighted by atomic mass is 10.2. The van der Waals surface area contributed by atoms with Crippen molar-refractivity contribution >= 4 is 39.3 Å². The zero-order chi connectivity index (χ0) is 14.0.